The summed E-state index contributed by atoms with van der Waals surface area (Å²) < 4.78 is 14.5. The van der Waals surface area contributed by atoms with Crippen LogP contribution in [0, 0.1) is 11.7 Å². The summed E-state index contributed by atoms with van der Waals surface area (Å²) in [5.41, 5.74) is 1.35. The van der Waals surface area contributed by atoms with Crippen LogP contribution in [0.3, 0.4) is 0 Å². The minimum atomic E-state index is -0.527. The largest absolute Gasteiger partial charge is 0.363 e. The predicted molar refractivity (Wildman–Crippen MR) is 115 cm³/mol. The maximum Gasteiger partial charge on any atom is 0.222 e. The predicted octanol–water partition coefficient (Wildman–Crippen LogP) is 4.26. The number of aromatic amines is 1. The number of halogens is 2. The summed E-state index contributed by atoms with van der Waals surface area (Å²) in [5.74, 6) is 0.432. The van der Waals surface area contributed by atoms with Crippen molar-refractivity contribution >= 4 is 34.4 Å². The first kappa shape index (κ1) is 20.5. The first-order valence-electron chi connectivity index (χ1n) is 10.1. The third kappa shape index (κ3) is 4.38. The van der Waals surface area contributed by atoms with Crippen LogP contribution in [0.5, 0.6) is 0 Å². The van der Waals surface area contributed by atoms with Crippen LogP contribution in [0.1, 0.15) is 33.1 Å². The van der Waals surface area contributed by atoms with Gasteiger partial charge >= 0.3 is 0 Å². The molecular weight excluding hydrogens is 407 g/mol. The molecule has 3 aromatic rings. The molecule has 1 aliphatic rings. The average Bonchev–Trinajstić information content (AvgIpc) is 3.12. The minimum Gasteiger partial charge on any atom is -0.363 e. The maximum atomic E-state index is 14.5. The van der Waals surface area contributed by atoms with Gasteiger partial charge in [0.05, 0.1) is 11.2 Å². The van der Waals surface area contributed by atoms with Gasteiger partial charge < -0.3 is 15.2 Å². The summed E-state index contributed by atoms with van der Waals surface area (Å²) in [6.45, 7) is 5.34. The molecule has 4 heterocycles. The lowest BCUT2D eigenvalue weighted by Crippen LogP contribution is -2.45. The number of fused-ring (bicyclic) bond motifs is 1. The van der Waals surface area contributed by atoms with E-state index in [1.165, 1.54) is 0 Å². The number of piperidine rings is 1. The summed E-state index contributed by atoms with van der Waals surface area (Å²) in [6.07, 6.45) is 6.68. The van der Waals surface area contributed by atoms with E-state index in [0.717, 1.165) is 31.0 Å². The van der Waals surface area contributed by atoms with Crippen LogP contribution in [0.4, 0.5) is 10.2 Å². The number of carbonyl (C=O) groups excluding carboxylic acids is 1. The van der Waals surface area contributed by atoms with Crippen LogP contribution in [0.2, 0.25) is 5.02 Å². The van der Waals surface area contributed by atoms with E-state index in [9.17, 15) is 9.18 Å². The molecule has 158 valence electrons. The zero-order valence-electron chi connectivity index (χ0n) is 17.0. The van der Waals surface area contributed by atoms with Crippen molar-refractivity contribution in [1.29, 1.82) is 0 Å². The molecule has 1 amide bonds. The Morgan fingerprint density at radius 3 is 3.03 bits per heavy atom. The van der Waals surface area contributed by atoms with E-state index in [4.69, 9.17) is 11.6 Å². The number of amides is 1. The standard InChI is InChI=1S/C21H24ClFN6O/c1-12(2)6-18(30)29-5-3-4-14(11-29)27-21-17(23)10-26-20(28-21)16-9-25-19-15(16)7-13(22)8-24-19/h7-10,12,14H,3-6,11H2,1-2H3,(H,24,25)(H,26,27,28)/t14-/m1/s1. The van der Waals surface area contributed by atoms with Crippen LogP contribution in [-0.2, 0) is 4.79 Å². The van der Waals surface area contributed by atoms with E-state index in [1.54, 1.807) is 18.5 Å². The van der Waals surface area contributed by atoms with Gasteiger partial charge in [-0.3, -0.25) is 4.79 Å². The molecule has 0 spiro atoms. The number of nitrogens with one attached hydrogen (secondary N) is 2. The number of carbonyl (C=O) groups is 1. The summed E-state index contributed by atoms with van der Waals surface area (Å²) in [7, 11) is 0. The molecule has 7 nitrogen and oxygen atoms in total. The van der Waals surface area contributed by atoms with Gasteiger partial charge in [-0.15, -0.1) is 0 Å². The summed E-state index contributed by atoms with van der Waals surface area (Å²) in [5, 5.41) is 4.44. The number of hydrogen-bond acceptors (Lipinski definition) is 5. The van der Waals surface area contributed by atoms with Gasteiger partial charge in [0.25, 0.3) is 0 Å². The van der Waals surface area contributed by atoms with E-state index in [-0.39, 0.29) is 17.8 Å². The average molecular weight is 431 g/mol. The number of aromatic nitrogens is 4. The Balaban J connectivity index is 1.55. The lowest BCUT2D eigenvalue weighted by molar-refractivity contribution is -0.133. The number of anilines is 1. The lowest BCUT2D eigenvalue weighted by atomic mass is 10.0. The molecular formula is C21H24ClFN6O. The lowest BCUT2D eigenvalue weighted by Gasteiger charge is -2.34. The first-order valence-corrected chi connectivity index (χ1v) is 10.5. The van der Waals surface area contributed by atoms with Gasteiger partial charge in [0.15, 0.2) is 17.5 Å². The molecule has 2 N–H and O–H groups in total. The number of likely N-dealkylation sites (tertiary alicyclic amines) is 1. The van der Waals surface area contributed by atoms with Crippen molar-refractivity contribution < 1.29 is 9.18 Å². The molecule has 1 fully saturated rings. The van der Waals surface area contributed by atoms with Gasteiger partial charge in [0, 0.05) is 48.9 Å². The normalized spacial score (nSPS) is 17.0. The zero-order valence-corrected chi connectivity index (χ0v) is 17.7. The van der Waals surface area contributed by atoms with E-state index in [0.29, 0.717) is 40.9 Å². The van der Waals surface area contributed by atoms with Crippen LogP contribution < -0.4 is 5.32 Å². The van der Waals surface area contributed by atoms with Gasteiger partial charge in [-0.1, -0.05) is 25.4 Å². The molecule has 0 radical (unpaired) electrons. The van der Waals surface area contributed by atoms with Crippen molar-refractivity contribution in [2.75, 3.05) is 18.4 Å². The van der Waals surface area contributed by atoms with Crippen LogP contribution >= 0.6 is 11.6 Å². The SMILES string of the molecule is CC(C)CC(=O)N1CCC[C@@H](Nc2nc(-c3c[nH]c4ncc(Cl)cc34)ncc2F)C1. The van der Waals surface area contributed by atoms with Crippen LogP contribution in [0.25, 0.3) is 22.4 Å². The van der Waals surface area contributed by atoms with E-state index in [2.05, 4.69) is 25.3 Å². The molecule has 30 heavy (non-hydrogen) atoms. The molecule has 0 aliphatic carbocycles. The highest BCUT2D eigenvalue weighted by Crippen LogP contribution is 2.28. The smallest absolute Gasteiger partial charge is 0.222 e. The van der Waals surface area contributed by atoms with Gasteiger partial charge in [0.2, 0.25) is 5.91 Å². The summed E-state index contributed by atoms with van der Waals surface area (Å²) >= 11 is 6.07. The Morgan fingerprint density at radius 2 is 2.23 bits per heavy atom. The Morgan fingerprint density at radius 1 is 1.40 bits per heavy atom. The highest BCUT2D eigenvalue weighted by Gasteiger charge is 2.25. The number of H-pyrrole nitrogens is 1. The molecule has 1 atom stereocenters. The highest BCUT2D eigenvalue weighted by molar-refractivity contribution is 6.31. The summed E-state index contributed by atoms with van der Waals surface area (Å²) in [6, 6.07) is 1.71. The highest BCUT2D eigenvalue weighted by atomic mass is 35.5. The monoisotopic (exact) mass is 430 g/mol. The topological polar surface area (TPSA) is 86.8 Å². The summed E-state index contributed by atoms with van der Waals surface area (Å²) in [4.78, 5) is 30.1. The third-order valence-electron chi connectivity index (χ3n) is 5.18. The second-order valence-electron chi connectivity index (χ2n) is 8.06. The molecule has 1 aliphatic heterocycles. The van der Waals surface area contributed by atoms with E-state index < -0.39 is 5.82 Å². The second-order valence-corrected chi connectivity index (χ2v) is 8.50. The van der Waals surface area contributed by atoms with Crippen molar-refractivity contribution in [3.63, 3.8) is 0 Å². The fourth-order valence-electron chi connectivity index (χ4n) is 3.75. The Kier molecular flexibility index (Phi) is 5.85. The van der Waals surface area contributed by atoms with Crippen molar-refractivity contribution in [1.82, 2.24) is 24.8 Å². The fraction of sp³-hybridized carbons (Fsp3) is 0.429. The first-order chi connectivity index (χ1) is 14.4. The molecule has 0 unspecified atom stereocenters. The van der Waals surface area contributed by atoms with Gasteiger partial charge in [0.1, 0.15) is 5.65 Å². The van der Waals surface area contributed by atoms with E-state index >= 15 is 0 Å². The van der Waals surface area contributed by atoms with Crippen molar-refractivity contribution in [3.05, 3.63) is 35.5 Å². The van der Waals surface area contributed by atoms with Crippen LogP contribution in [0.15, 0.2) is 24.7 Å². The number of pyridine rings is 1. The van der Waals surface area contributed by atoms with E-state index in [1.807, 2.05) is 18.7 Å². The molecule has 0 aromatic carbocycles. The maximum absolute atomic E-state index is 14.5. The zero-order chi connectivity index (χ0) is 21.3. The molecule has 4 rings (SSSR count). The van der Waals surface area contributed by atoms with Gasteiger partial charge in [-0.05, 0) is 24.8 Å². The second kappa shape index (κ2) is 8.55. The Bertz CT molecular complexity index is 1070. The third-order valence-corrected chi connectivity index (χ3v) is 5.39. The number of nitrogens with zero attached hydrogens (tertiary/aromatic N) is 4. The number of hydrogen-bond donors (Lipinski definition) is 2. The van der Waals surface area contributed by atoms with Gasteiger partial charge in [-0.2, -0.15) is 0 Å². The molecule has 9 heteroatoms. The molecule has 0 saturated carbocycles. The fourth-order valence-corrected chi connectivity index (χ4v) is 3.91. The minimum absolute atomic E-state index is 0.0637. The van der Waals surface area contributed by atoms with Crippen LogP contribution in [-0.4, -0.2) is 49.9 Å². The van der Waals surface area contributed by atoms with Gasteiger partial charge in [-0.25, -0.2) is 19.3 Å². The van der Waals surface area contributed by atoms with Crippen molar-refractivity contribution in [2.45, 2.75) is 39.2 Å². The Labute approximate surface area is 179 Å². The van der Waals surface area contributed by atoms with Crippen molar-refractivity contribution in [3.8, 4) is 11.4 Å². The molecule has 0 bridgehead atoms. The number of rotatable bonds is 5. The molecule has 1 saturated heterocycles. The Hall–Kier alpha value is -2.74. The molecule has 3 aromatic heterocycles. The van der Waals surface area contributed by atoms with Crippen molar-refractivity contribution in [2.24, 2.45) is 5.92 Å². The quantitative estimate of drug-likeness (QED) is 0.631.